The molecule has 358 valence electrons. The second-order valence-electron chi connectivity index (χ2n) is 19.8. The van der Waals surface area contributed by atoms with Gasteiger partial charge in [-0.15, -0.1) is 0 Å². The van der Waals surface area contributed by atoms with E-state index in [1.54, 1.807) is 58.3 Å². The van der Waals surface area contributed by atoms with Crippen molar-refractivity contribution in [2.75, 3.05) is 51.3 Å². The SMILES string of the molecule is COC(C)c1ncc(N2CCN(C3CC3)CC2)cc1-c1c(CC(C)(C)CO)c2cc(-c3cccc(CC(NC(=O)OC(C)(C)C)C(=O)N4CCC[C@@H](C(=O)O)N4)c3)ccc2n1CC(F)(F)F. The van der Waals surface area contributed by atoms with Gasteiger partial charge in [0.05, 0.1) is 29.4 Å². The predicted molar refractivity (Wildman–Crippen MR) is 246 cm³/mol. The molecule has 2 unspecified atom stereocenters. The number of alkyl carbamates (subject to hydrolysis) is 1. The number of carboxylic acids is 1. The number of methoxy groups -OCH3 is 1. The number of carboxylic acid groups (broad SMARTS) is 1. The van der Waals surface area contributed by atoms with Gasteiger partial charge in [0, 0.05) is 75.4 Å². The number of rotatable bonds is 15. The average molecular weight is 920 g/mol. The third kappa shape index (κ3) is 11.6. The zero-order valence-corrected chi connectivity index (χ0v) is 39.0. The van der Waals surface area contributed by atoms with E-state index in [2.05, 4.69) is 20.5 Å². The molecule has 66 heavy (non-hydrogen) atoms. The summed E-state index contributed by atoms with van der Waals surface area (Å²) in [7, 11) is 1.55. The highest BCUT2D eigenvalue weighted by Gasteiger charge is 2.37. The minimum absolute atomic E-state index is 0.0194. The molecule has 0 bridgehead atoms. The van der Waals surface area contributed by atoms with Gasteiger partial charge in [0.15, 0.2) is 0 Å². The molecule has 4 N–H and O–H groups in total. The average Bonchev–Trinajstić information content (AvgIpc) is 4.09. The van der Waals surface area contributed by atoms with Gasteiger partial charge in [-0.25, -0.2) is 10.2 Å². The number of alkyl halides is 3. The number of nitrogens with one attached hydrogen (secondary N) is 2. The van der Waals surface area contributed by atoms with Crippen molar-refractivity contribution in [2.24, 2.45) is 5.41 Å². The van der Waals surface area contributed by atoms with Crippen molar-refractivity contribution in [3.05, 3.63) is 71.5 Å². The van der Waals surface area contributed by atoms with Crippen molar-refractivity contribution in [1.29, 1.82) is 0 Å². The first-order chi connectivity index (χ1) is 31.1. The van der Waals surface area contributed by atoms with Crippen molar-refractivity contribution in [1.82, 2.24) is 30.2 Å². The smallest absolute Gasteiger partial charge is 0.408 e. The van der Waals surface area contributed by atoms with Gasteiger partial charge >= 0.3 is 18.2 Å². The molecule has 1 saturated carbocycles. The van der Waals surface area contributed by atoms with Crippen LogP contribution in [0.15, 0.2) is 54.7 Å². The van der Waals surface area contributed by atoms with Gasteiger partial charge in [-0.1, -0.05) is 44.2 Å². The Balaban J connectivity index is 1.32. The zero-order chi connectivity index (χ0) is 47.7. The molecular weight excluding hydrogens is 856 g/mol. The molecule has 2 aliphatic heterocycles. The van der Waals surface area contributed by atoms with E-state index in [1.165, 1.54) is 22.4 Å². The lowest BCUT2D eigenvalue weighted by molar-refractivity contribution is -0.147. The van der Waals surface area contributed by atoms with Gasteiger partial charge < -0.3 is 34.5 Å². The second kappa shape index (κ2) is 19.5. The van der Waals surface area contributed by atoms with Crippen molar-refractivity contribution in [3.8, 4) is 22.4 Å². The predicted octanol–water partition coefficient (Wildman–Crippen LogP) is 7.50. The molecule has 3 fully saturated rings. The van der Waals surface area contributed by atoms with Crippen molar-refractivity contribution in [3.63, 3.8) is 0 Å². The maximum Gasteiger partial charge on any atom is 0.408 e. The number of aliphatic hydroxyl groups excluding tert-OH is 1. The lowest BCUT2D eigenvalue weighted by Crippen LogP contribution is -2.60. The van der Waals surface area contributed by atoms with E-state index >= 15 is 0 Å². The first-order valence-electron chi connectivity index (χ1n) is 22.9. The maximum absolute atomic E-state index is 14.9. The normalized spacial score (nSPS) is 18.6. The van der Waals surface area contributed by atoms with E-state index in [4.69, 9.17) is 14.5 Å². The summed E-state index contributed by atoms with van der Waals surface area (Å²) < 4.78 is 57.2. The van der Waals surface area contributed by atoms with Gasteiger partial charge in [0.2, 0.25) is 0 Å². The number of piperazine rings is 1. The molecule has 2 aromatic carbocycles. The fourth-order valence-electron chi connectivity index (χ4n) is 9.09. The van der Waals surface area contributed by atoms with Crippen molar-refractivity contribution >= 4 is 34.6 Å². The Morgan fingerprint density at radius 3 is 2.30 bits per heavy atom. The van der Waals surface area contributed by atoms with E-state index in [9.17, 15) is 37.8 Å². The fraction of sp³-hybridized carbons (Fsp3) is 0.551. The van der Waals surface area contributed by atoms with Gasteiger partial charge in [-0.2, -0.15) is 13.2 Å². The molecule has 2 amide bonds. The van der Waals surface area contributed by atoms with E-state index in [-0.39, 0.29) is 26.0 Å². The van der Waals surface area contributed by atoms with E-state index in [0.717, 1.165) is 31.9 Å². The number of nitrogens with zero attached hydrogens (tertiary/aromatic N) is 5. The molecule has 17 heteroatoms. The van der Waals surface area contributed by atoms with Crippen LogP contribution in [-0.4, -0.2) is 124 Å². The number of pyridine rings is 1. The zero-order valence-electron chi connectivity index (χ0n) is 39.0. The number of aromatic nitrogens is 2. The number of carbonyl (C=O) groups is 3. The number of aliphatic hydroxyl groups is 1. The molecule has 0 radical (unpaired) electrons. The van der Waals surface area contributed by atoms with Crippen molar-refractivity contribution < 1.29 is 47.2 Å². The summed E-state index contributed by atoms with van der Waals surface area (Å²) in [5.41, 5.74) is 6.48. The van der Waals surface area contributed by atoms with Gasteiger partial charge in [-0.3, -0.25) is 24.5 Å². The number of hydrogen-bond donors (Lipinski definition) is 4. The van der Waals surface area contributed by atoms with Crippen LogP contribution in [-0.2, 0) is 38.4 Å². The number of hydrogen-bond acceptors (Lipinski definition) is 10. The minimum atomic E-state index is -4.59. The summed E-state index contributed by atoms with van der Waals surface area (Å²) in [4.78, 5) is 48.6. The van der Waals surface area contributed by atoms with Crippen LogP contribution in [0, 0.1) is 5.41 Å². The summed E-state index contributed by atoms with van der Waals surface area (Å²) in [5.74, 6) is -1.62. The standard InChI is InChI=1S/C49H64F3N7O7/c1-30(65-7)42-37(25-35(27-53-42)57-20-18-56(19-21-57)34-14-15-34)43-38(26-48(5,6)29-60)36-24-33(13-16-41(36)58(43)28-49(50,51)52)32-11-8-10-31(22-32)23-40(54-46(64)66-47(2,3)4)44(61)59-17-9-12-39(55-59)45(62)63/h8,10-11,13,16,22,24-25,27,30,34,39-40,55,60H,9,12,14-15,17-21,23,26,28-29H2,1-7H3,(H,54,64)(H,62,63)/t30?,39-,40?/m0/s1. The number of carbonyl (C=O) groups excluding carboxylic acids is 2. The monoisotopic (exact) mass is 919 g/mol. The fourth-order valence-corrected chi connectivity index (χ4v) is 9.09. The summed E-state index contributed by atoms with van der Waals surface area (Å²) in [6.45, 7) is 12.8. The van der Waals surface area contributed by atoms with Crippen molar-refractivity contribution in [2.45, 2.75) is 123 Å². The Bertz CT molecular complexity index is 2400. The lowest BCUT2D eigenvalue weighted by atomic mass is 9.84. The number of fused-ring (bicyclic) bond motifs is 1. The highest BCUT2D eigenvalue weighted by molar-refractivity contribution is 5.96. The summed E-state index contributed by atoms with van der Waals surface area (Å²) >= 11 is 0. The number of hydrazine groups is 1. The van der Waals surface area contributed by atoms with E-state index in [1.807, 2.05) is 45.0 Å². The van der Waals surface area contributed by atoms with Crippen LogP contribution in [0.2, 0.25) is 0 Å². The highest BCUT2D eigenvalue weighted by Crippen LogP contribution is 2.44. The van der Waals surface area contributed by atoms with E-state index in [0.29, 0.717) is 69.0 Å². The van der Waals surface area contributed by atoms with Crippen LogP contribution in [0.3, 0.4) is 0 Å². The Labute approximate surface area is 384 Å². The molecule has 4 aromatic rings. The number of amides is 2. The summed E-state index contributed by atoms with van der Waals surface area (Å²) in [6, 6.07) is 13.2. The van der Waals surface area contributed by atoms with Crippen LogP contribution in [0.5, 0.6) is 0 Å². The Morgan fingerprint density at radius 1 is 0.955 bits per heavy atom. The molecule has 2 aromatic heterocycles. The summed E-state index contributed by atoms with van der Waals surface area (Å²) in [5, 5.41) is 24.8. The number of ether oxygens (including phenoxy) is 2. The van der Waals surface area contributed by atoms with Gasteiger partial charge in [0.1, 0.15) is 24.2 Å². The third-order valence-corrected chi connectivity index (χ3v) is 12.7. The van der Waals surface area contributed by atoms with Crippen LogP contribution >= 0.6 is 0 Å². The number of benzene rings is 2. The van der Waals surface area contributed by atoms with Crippen LogP contribution in [0.25, 0.3) is 33.3 Å². The third-order valence-electron chi connectivity index (χ3n) is 12.7. The van der Waals surface area contributed by atoms with E-state index < -0.39 is 59.9 Å². The quantitative estimate of drug-likeness (QED) is 0.0935. The second-order valence-corrected chi connectivity index (χ2v) is 19.8. The minimum Gasteiger partial charge on any atom is -0.480 e. The molecule has 1 aliphatic carbocycles. The maximum atomic E-state index is 14.9. The lowest BCUT2D eigenvalue weighted by Gasteiger charge is -2.36. The molecule has 0 spiro atoms. The molecule has 7 rings (SSSR count). The van der Waals surface area contributed by atoms with Gasteiger partial charge in [-0.05, 0) is 106 Å². The number of halogens is 3. The Hall–Kier alpha value is -5.23. The first kappa shape index (κ1) is 48.7. The van der Waals surface area contributed by atoms with Crippen LogP contribution < -0.4 is 15.6 Å². The summed E-state index contributed by atoms with van der Waals surface area (Å²) in [6.07, 6.45) is -0.704. The molecule has 3 aliphatic rings. The topological polar surface area (TPSA) is 162 Å². The van der Waals surface area contributed by atoms with Crippen LogP contribution in [0.1, 0.15) is 90.2 Å². The van der Waals surface area contributed by atoms with Crippen LogP contribution in [0.4, 0.5) is 23.7 Å². The molecule has 14 nitrogen and oxygen atoms in total. The number of anilines is 1. The Kier molecular flexibility index (Phi) is 14.4. The first-order valence-corrected chi connectivity index (χ1v) is 22.9. The number of aliphatic carboxylic acids is 1. The molecule has 3 atom stereocenters. The molecule has 4 heterocycles. The largest absolute Gasteiger partial charge is 0.480 e. The Morgan fingerprint density at radius 2 is 1.67 bits per heavy atom. The molecular formula is C49H64F3N7O7. The van der Waals surface area contributed by atoms with Gasteiger partial charge in [0.25, 0.3) is 5.91 Å². The molecule has 2 saturated heterocycles. The highest BCUT2D eigenvalue weighted by atomic mass is 19.4.